The maximum Gasteiger partial charge on any atom is 0.416 e. The molecule has 0 aliphatic heterocycles. The van der Waals surface area contributed by atoms with Crippen LogP contribution in [0.2, 0.25) is 5.15 Å². The van der Waals surface area contributed by atoms with E-state index in [1.54, 1.807) is 0 Å². The minimum atomic E-state index is -4.45. The van der Waals surface area contributed by atoms with Crippen LogP contribution in [0.1, 0.15) is 5.56 Å². The Kier molecular flexibility index (Phi) is 3.99. The van der Waals surface area contributed by atoms with Crippen LogP contribution in [0.5, 0.6) is 0 Å². The fraction of sp³-hybridized carbons (Fsp3) is 0.0833. The first-order chi connectivity index (χ1) is 9.77. The van der Waals surface area contributed by atoms with Gasteiger partial charge in [0.25, 0.3) is 0 Å². The number of rotatable bonds is 3. The molecule has 0 radical (unpaired) electrons. The molecule has 0 bridgehead atoms. The average molecular weight is 318 g/mol. The molecule has 1 aromatic carbocycles. The molecule has 1 aromatic heterocycles. The summed E-state index contributed by atoms with van der Waals surface area (Å²) >= 11 is 5.65. The summed E-state index contributed by atoms with van der Waals surface area (Å²) in [5, 5.41) is 13.4. The molecule has 0 amide bonds. The van der Waals surface area contributed by atoms with Crippen LogP contribution < -0.4 is 5.32 Å². The van der Waals surface area contributed by atoms with Gasteiger partial charge in [0.15, 0.2) is 0 Å². The number of benzene rings is 1. The largest absolute Gasteiger partial charge is 0.416 e. The molecule has 110 valence electrons. The lowest BCUT2D eigenvalue weighted by molar-refractivity contribution is -0.384. The Hall–Kier alpha value is -2.35. The van der Waals surface area contributed by atoms with E-state index in [-0.39, 0.29) is 22.3 Å². The number of hydrogen-bond donors (Lipinski definition) is 1. The first-order valence-electron chi connectivity index (χ1n) is 5.52. The van der Waals surface area contributed by atoms with Gasteiger partial charge < -0.3 is 5.32 Å². The first kappa shape index (κ1) is 15.0. The number of nitro groups is 1. The molecule has 0 atom stereocenters. The van der Waals surface area contributed by atoms with Gasteiger partial charge in [0.2, 0.25) is 5.82 Å². The number of pyridine rings is 1. The summed E-state index contributed by atoms with van der Waals surface area (Å²) < 4.78 is 37.3. The number of halogens is 4. The van der Waals surface area contributed by atoms with Crippen molar-refractivity contribution in [1.82, 2.24) is 4.98 Å². The highest BCUT2D eigenvalue weighted by molar-refractivity contribution is 6.29. The molecule has 1 N–H and O–H groups in total. The summed E-state index contributed by atoms with van der Waals surface area (Å²) in [6.07, 6.45) is -4.45. The van der Waals surface area contributed by atoms with Crippen LogP contribution in [-0.2, 0) is 6.18 Å². The molecule has 0 fully saturated rings. The van der Waals surface area contributed by atoms with Crippen molar-refractivity contribution in [1.29, 1.82) is 0 Å². The molecule has 0 spiro atoms. The Labute approximate surface area is 121 Å². The molecular weight excluding hydrogens is 311 g/mol. The summed E-state index contributed by atoms with van der Waals surface area (Å²) in [5.74, 6) is -0.146. The van der Waals surface area contributed by atoms with Crippen LogP contribution in [0.25, 0.3) is 0 Å². The fourth-order valence-corrected chi connectivity index (χ4v) is 1.69. The third kappa shape index (κ3) is 3.60. The minimum Gasteiger partial charge on any atom is -0.334 e. The Balaban J connectivity index is 2.30. The van der Waals surface area contributed by atoms with Crippen molar-refractivity contribution in [2.24, 2.45) is 0 Å². The second-order valence-corrected chi connectivity index (χ2v) is 4.35. The Morgan fingerprint density at radius 3 is 2.29 bits per heavy atom. The molecule has 0 aliphatic carbocycles. The summed E-state index contributed by atoms with van der Waals surface area (Å²) in [6, 6.07) is 6.42. The molecule has 9 heteroatoms. The lowest BCUT2D eigenvalue weighted by Gasteiger charge is -2.09. The van der Waals surface area contributed by atoms with E-state index < -0.39 is 16.7 Å². The monoisotopic (exact) mass is 317 g/mol. The Morgan fingerprint density at radius 1 is 1.14 bits per heavy atom. The topological polar surface area (TPSA) is 68.1 Å². The second-order valence-electron chi connectivity index (χ2n) is 3.96. The first-order valence-corrected chi connectivity index (χ1v) is 5.90. The number of hydrogen-bond acceptors (Lipinski definition) is 4. The maximum absolute atomic E-state index is 12.4. The zero-order chi connectivity index (χ0) is 15.6. The SMILES string of the molecule is O=[N+]([O-])c1ccc(Cl)nc1Nc1ccc(C(F)(F)F)cc1. The molecule has 5 nitrogen and oxygen atoms in total. The van der Waals surface area contributed by atoms with E-state index in [0.717, 1.165) is 30.3 Å². The number of nitrogens with zero attached hydrogens (tertiary/aromatic N) is 2. The Bertz CT molecular complexity index is 674. The standard InChI is InChI=1S/C12H7ClF3N3O2/c13-10-6-5-9(19(20)21)11(18-10)17-8-3-1-7(2-4-8)12(14,15)16/h1-6H,(H,17,18). The van der Waals surface area contributed by atoms with Crippen molar-refractivity contribution in [3.05, 3.63) is 57.2 Å². The molecular formula is C12H7ClF3N3O2. The van der Waals surface area contributed by atoms with E-state index in [9.17, 15) is 23.3 Å². The Morgan fingerprint density at radius 2 is 1.76 bits per heavy atom. The normalized spacial score (nSPS) is 11.2. The van der Waals surface area contributed by atoms with Gasteiger partial charge in [0.1, 0.15) is 5.15 Å². The van der Waals surface area contributed by atoms with Crippen LogP contribution in [0.4, 0.5) is 30.4 Å². The molecule has 0 saturated carbocycles. The van der Waals surface area contributed by atoms with Crippen molar-refractivity contribution in [2.45, 2.75) is 6.18 Å². The minimum absolute atomic E-state index is 0.0232. The molecule has 2 aromatic rings. The summed E-state index contributed by atoms with van der Waals surface area (Å²) in [5.41, 5.74) is -0.929. The van der Waals surface area contributed by atoms with Crippen LogP contribution in [-0.4, -0.2) is 9.91 Å². The smallest absolute Gasteiger partial charge is 0.334 e. The van der Waals surface area contributed by atoms with Gasteiger partial charge in [-0.25, -0.2) is 4.98 Å². The predicted molar refractivity (Wildman–Crippen MR) is 70.6 cm³/mol. The van der Waals surface area contributed by atoms with E-state index >= 15 is 0 Å². The fourth-order valence-electron chi connectivity index (χ4n) is 1.55. The van der Waals surface area contributed by atoms with Gasteiger partial charge in [-0.05, 0) is 30.3 Å². The van der Waals surface area contributed by atoms with E-state index in [1.165, 1.54) is 6.07 Å². The summed E-state index contributed by atoms with van der Waals surface area (Å²) in [6.45, 7) is 0. The van der Waals surface area contributed by atoms with Crippen LogP contribution in [0, 0.1) is 10.1 Å². The van der Waals surface area contributed by atoms with Crippen molar-refractivity contribution in [3.8, 4) is 0 Å². The number of anilines is 2. The highest BCUT2D eigenvalue weighted by Gasteiger charge is 2.30. The number of alkyl halides is 3. The highest BCUT2D eigenvalue weighted by atomic mass is 35.5. The lowest BCUT2D eigenvalue weighted by atomic mass is 10.2. The molecule has 0 unspecified atom stereocenters. The van der Waals surface area contributed by atoms with E-state index in [1.807, 2.05) is 0 Å². The number of aromatic nitrogens is 1. The third-order valence-electron chi connectivity index (χ3n) is 2.51. The van der Waals surface area contributed by atoms with Crippen molar-refractivity contribution in [2.75, 3.05) is 5.32 Å². The van der Waals surface area contributed by atoms with Gasteiger partial charge in [-0.3, -0.25) is 10.1 Å². The molecule has 0 saturated heterocycles. The van der Waals surface area contributed by atoms with Crippen LogP contribution in [0.3, 0.4) is 0 Å². The quantitative estimate of drug-likeness (QED) is 0.517. The van der Waals surface area contributed by atoms with Crippen molar-refractivity contribution >= 4 is 28.8 Å². The van der Waals surface area contributed by atoms with Gasteiger partial charge in [-0.2, -0.15) is 13.2 Å². The zero-order valence-electron chi connectivity index (χ0n) is 10.2. The van der Waals surface area contributed by atoms with Gasteiger partial charge in [0.05, 0.1) is 10.5 Å². The summed E-state index contributed by atoms with van der Waals surface area (Å²) in [4.78, 5) is 13.9. The van der Waals surface area contributed by atoms with Crippen LogP contribution >= 0.6 is 11.6 Å². The van der Waals surface area contributed by atoms with E-state index in [4.69, 9.17) is 11.6 Å². The van der Waals surface area contributed by atoms with Gasteiger partial charge in [0, 0.05) is 11.8 Å². The van der Waals surface area contributed by atoms with Gasteiger partial charge in [-0.1, -0.05) is 11.6 Å². The lowest BCUT2D eigenvalue weighted by Crippen LogP contribution is -2.05. The average Bonchev–Trinajstić information content (AvgIpc) is 2.38. The molecule has 0 aliphatic rings. The van der Waals surface area contributed by atoms with Gasteiger partial charge in [-0.15, -0.1) is 0 Å². The molecule has 21 heavy (non-hydrogen) atoms. The van der Waals surface area contributed by atoms with Crippen LogP contribution in [0.15, 0.2) is 36.4 Å². The second kappa shape index (κ2) is 5.57. The zero-order valence-corrected chi connectivity index (χ0v) is 10.9. The van der Waals surface area contributed by atoms with Crippen molar-refractivity contribution < 1.29 is 18.1 Å². The third-order valence-corrected chi connectivity index (χ3v) is 2.72. The van der Waals surface area contributed by atoms with Crippen molar-refractivity contribution in [3.63, 3.8) is 0 Å². The molecule has 2 rings (SSSR count). The molecule has 1 heterocycles. The summed E-state index contributed by atoms with van der Waals surface area (Å²) in [7, 11) is 0. The highest BCUT2D eigenvalue weighted by Crippen LogP contribution is 2.31. The van der Waals surface area contributed by atoms with Gasteiger partial charge >= 0.3 is 11.9 Å². The predicted octanol–water partition coefficient (Wildman–Crippen LogP) is 4.41. The number of nitrogens with one attached hydrogen (secondary N) is 1. The maximum atomic E-state index is 12.4. The van der Waals surface area contributed by atoms with E-state index in [0.29, 0.717) is 0 Å². The van der Waals surface area contributed by atoms with E-state index in [2.05, 4.69) is 10.3 Å².